The van der Waals surface area contributed by atoms with Crippen molar-refractivity contribution in [1.82, 2.24) is 5.32 Å². The molecular weight excluding hydrogens is 199 g/mol. The number of alkyl halides is 3. The molecule has 0 unspecified atom stereocenters. The lowest BCUT2D eigenvalue weighted by Crippen LogP contribution is -2.46. The van der Waals surface area contributed by atoms with Crippen LogP contribution in [0.3, 0.4) is 0 Å². The second kappa shape index (κ2) is 4.16. The maximum Gasteiger partial charge on any atom is 0.389 e. The molecular formula is C8H12F3NO2. The Kier molecular flexibility index (Phi) is 3.36. The van der Waals surface area contributed by atoms with Crippen molar-refractivity contribution in [3.05, 3.63) is 0 Å². The highest BCUT2D eigenvalue weighted by Gasteiger charge is 2.31. The first-order chi connectivity index (χ1) is 6.37. The zero-order valence-electron chi connectivity index (χ0n) is 7.47. The van der Waals surface area contributed by atoms with Gasteiger partial charge in [0, 0.05) is 12.5 Å². The van der Waals surface area contributed by atoms with E-state index in [2.05, 4.69) is 5.32 Å². The van der Waals surface area contributed by atoms with Crippen molar-refractivity contribution in [2.75, 3.05) is 0 Å². The first-order valence-corrected chi connectivity index (χ1v) is 4.41. The van der Waals surface area contributed by atoms with Crippen LogP contribution < -0.4 is 5.32 Å². The van der Waals surface area contributed by atoms with E-state index in [1.54, 1.807) is 0 Å². The third-order valence-corrected chi connectivity index (χ3v) is 2.11. The lowest BCUT2D eigenvalue weighted by atomic mass is 9.89. The summed E-state index contributed by atoms with van der Waals surface area (Å²) in [7, 11) is 0. The molecule has 0 aliphatic heterocycles. The number of carbonyl (C=O) groups is 1. The molecule has 1 amide bonds. The molecule has 0 bridgehead atoms. The van der Waals surface area contributed by atoms with Crippen LogP contribution in [0.2, 0.25) is 0 Å². The maximum absolute atomic E-state index is 11.7. The van der Waals surface area contributed by atoms with Gasteiger partial charge in [-0.2, -0.15) is 13.2 Å². The van der Waals surface area contributed by atoms with Crippen molar-refractivity contribution in [1.29, 1.82) is 0 Å². The fourth-order valence-electron chi connectivity index (χ4n) is 1.26. The first kappa shape index (κ1) is 11.3. The van der Waals surface area contributed by atoms with Crippen molar-refractivity contribution < 1.29 is 23.1 Å². The van der Waals surface area contributed by atoms with E-state index in [-0.39, 0.29) is 6.04 Å². The van der Waals surface area contributed by atoms with Gasteiger partial charge >= 0.3 is 6.18 Å². The van der Waals surface area contributed by atoms with E-state index in [0.717, 1.165) is 0 Å². The zero-order chi connectivity index (χ0) is 10.8. The predicted octanol–water partition coefficient (Wildman–Crippen LogP) is 0.968. The summed E-state index contributed by atoms with van der Waals surface area (Å²) >= 11 is 0. The Hall–Kier alpha value is -0.780. The highest BCUT2D eigenvalue weighted by molar-refractivity contribution is 5.76. The maximum atomic E-state index is 11.7. The Morgan fingerprint density at radius 3 is 2.43 bits per heavy atom. The standard InChI is InChI=1S/C8H12F3NO2/c9-8(10,11)2-1-7(14)12-5-3-6(13)4-5/h5-6,13H,1-4H2,(H,12,14). The molecule has 0 spiro atoms. The van der Waals surface area contributed by atoms with Gasteiger partial charge < -0.3 is 10.4 Å². The second-order valence-electron chi connectivity index (χ2n) is 3.50. The van der Waals surface area contributed by atoms with E-state index >= 15 is 0 Å². The van der Waals surface area contributed by atoms with Crippen LogP contribution in [-0.2, 0) is 4.79 Å². The summed E-state index contributed by atoms with van der Waals surface area (Å²) in [6.07, 6.45) is -5.43. The van der Waals surface area contributed by atoms with Gasteiger partial charge in [-0.15, -0.1) is 0 Å². The van der Waals surface area contributed by atoms with E-state index in [4.69, 9.17) is 5.11 Å². The molecule has 14 heavy (non-hydrogen) atoms. The van der Waals surface area contributed by atoms with Crippen LogP contribution in [0.1, 0.15) is 25.7 Å². The van der Waals surface area contributed by atoms with Gasteiger partial charge in [0.2, 0.25) is 5.91 Å². The van der Waals surface area contributed by atoms with Gasteiger partial charge in [0.25, 0.3) is 0 Å². The summed E-state index contributed by atoms with van der Waals surface area (Å²) in [5.74, 6) is -0.598. The highest BCUT2D eigenvalue weighted by Crippen LogP contribution is 2.22. The molecule has 0 heterocycles. The normalized spacial score (nSPS) is 26.9. The molecule has 2 N–H and O–H groups in total. The Bertz CT molecular complexity index is 211. The second-order valence-corrected chi connectivity index (χ2v) is 3.50. The number of halogens is 3. The summed E-state index contributed by atoms with van der Waals surface area (Å²) < 4.78 is 35.1. The molecule has 0 aromatic rings. The minimum atomic E-state index is -4.28. The molecule has 3 nitrogen and oxygen atoms in total. The zero-order valence-corrected chi connectivity index (χ0v) is 7.47. The van der Waals surface area contributed by atoms with Gasteiger partial charge in [-0.3, -0.25) is 4.79 Å². The number of rotatable bonds is 3. The third-order valence-electron chi connectivity index (χ3n) is 2.11. The van der Waals surface area contributed by atoms with E-state index < -0.39 is 31.0 Å². The van der Waals surface area contributed by atoms with Crippen molar-refractivity contribution in [2.24, 2.45) is 0 Å². The number of carbonyl (C=O) groups excluding carboxylic acids is 1. The summed E-state index contributed by atoms with van der Waals surface area (Å²) in [6, 6.07) is -0.147. The number of aliphatic hydroxyl groups is 1. The molecule has 0 atom stereocenters. The van der Waals surface area contributed by atoms with Crippen molar-refractivity contribution in [3.63, 3.8) is 0 Å². The molecule has 1 rings (SSSR count). The molecule has 6 heteroatoms. The average Bonchev–Trinajstić information content (AvgIpc) is 1.97. The molecule has 1 aliphatic carbocycles. The van der Waals surface area contributed by atoms with Crippen LogP contribution in [-0.4, -0.2) is 29.3 Å². The molecule has 1 saturated carbocycles. The minimum Gasteiger partial charge on any atom is -0.393 e. The van der Waals surface area contributed by atoms with Crippen LogP contribution in [0.4, 0.5) is 13.2 Å². The molecule has 0 radical (unpaired) electrons. The highest BCUT2D eigenvalue weighted by atomic mass is 19.4. The van der Waals surface area contributed by atoms with Crippen molar-refractivity contribution >= 4 is 5.91 Å². The molecule has 1 aliphatic rings. The third kappa shape index (κ3) is 3.95. The van der Waals surface area contributed by atoms with E-state index in [9.17, 15) is 18.0 Å². The van der Waals surface area contributed by atoms with Gasteiger partial charge in [-0.05, 0) is 12.8 Å². The van der Waals surface area contributed by atoms with Crippen LogP contribution in [0, 0.1) is 0 Å². The minimum absolute atomic E-state index is 0.147. The Morgan fingerprint density at radius 2 is 2.00 bits per heavy atom. The van der Waals surface area contributed by atoms with E-state index in [1.165, 1.54) is 0 Å². The molecule has 0 aromatic heterocycles. The number of nitrogens with one attached hydrogen (secondary N) is 1. The van der Waals surface area contributed by atoms with Gasteiger partial charge in [0.1, 0.15) is 0 Å². The topological polar surface area (TPSA) is 49.3 Å². The number of amides is 1. The summed E-state index contributed by atoms with van der Waals surface area (Å²) in [5.41, 5.74) is 0. The van der Waals surface area contributed by atoms with E-state index in [0.29, 0.717) is 12.8 Å². The van der Waals surface area contributed by atoms with Gasteiger partial charge in [0.05, 0.1) is 12.5 Å². The molecule has 0 saturated heterocycles. The number of aliphatic hydroxyl groups excluding tert-OH is 1. The quantitative estimate of drug-likeness (QED) is 0.730. The molecule has 1 fully saturated rings. The number of hydrogen-bond acceptors (Lipinski definition) is 2. The van der Waals surface area contributed by atoms with Crippen LogP contribution in [0.15, 0.2) is 0 Å². The van der Waals surface area contributed by atoms with Crippen LogP contribution in [0.5, 0.6) is 0 Å². The van der Waals surface area contributed by atoms with Gasteiger partial charge in [-0.25, -0.2) is 0 Å². The van der Waals surface area contributed by atoms with Gasteiger partial charge in [-0.1, -0.05) is 0 Å². The van der Waals surface area contributed by atoms with Crippen LogP contribution >= 0.6 is 0 Å². The fraction of sp³-hybridized carbons (Fsp3) is 0.875. The summed E-state index contributed by atoms with van der Waals surface area (Å²) in [6.45, 7) is 0. The summed E-state index contributed by atoms with van der Waals surface area (Å²) in [5, 5.41) is 11.3. The van der Waals surface area contributed by atoms with Gasteiger partial charge in [0.15, 0.2) is 0 Å². The monoisotopic (exact) mass is 211 g/mol. The van der Waals surface area contributed by atoms with Crippen molar-refractivity contribution in [2.45, 2.75) is 44.0 Å². The Balaban J connectivity index is 2.11. The lowest BCUT2D eigenvalue weighted by Gasteiger charge is -2.31. The smallest absolute Gasteiger partial charge is 0.389 e. The SMILES string of the molecule is O=C(CCC(F)(F)F)NC1CC(O)C1. The van der Waals surface area contributed by atoms with Crippen molar-refractivity contribution in [3.8, 4) is 0 Å². The Labute approximate surface area is 79.3 Å². The van der Waals surface area contributed by atoms with E-state index in [1.807, 2.05) is 0 Å². The largest absolute Gasteiger partial charge is 0.393 e. The predicted molar refractivity (Wildman–Crippen MR) is 42.5 cm³/mol. The average molecular weight is 211 g/mol. The summed E-state index contributed by atoms with van der Waals surface area (Å²) in [4.78, 5) is 10.9. The molecule has 82 valence electrons. The molecule has 0 aromatic carbocycles. The fourth-order valence-corrected chi connectivity index (χ4v) is 1.26. The Morgan fingerprint density at radius 1 is 1.43 bits per heavy atom. The lowest BCUT2D eigenvalue weighted by molar-refractivity contribution is -0.145. The first-order valence-electron chi connectivity index (χ1n) is 4.41. The number of hydrogen-bond donors (Lipinski definition) is 2. The van der Waals surface area contributed by atoms with Crippen LogP contribution in [0.25, 0.3) is 0 Å².